The molecule has 196 valence electrons. The second-order valence-electron chi connectivity index (χ2n) is 11.0. The van der Waals surface area contributed by atoms with Gasteiger partial charge >= 0.3 is 6.09 Å². The van der Waals surface area contributed by atoms with Crippen LogP contribution in [-0.4, -0.2) is 72.5 Å². The standard InChI is InChI=1S/C25H37F2N3O5/c1-24(2,3)34-14-20-22(31)28-9-10-30(20)16-12-19(29-23(32)35-25(4,5)6)21(33-13-16)17-11-15(26)7-8-18(17)27/h7-8,11,16,19-21H,9-10,12-14H2,1-6H3,(H,28,31)(H,29,32)/t16-,19+,20-,21?/m1/s1. The molecule has 0 aromatic heterocycles. The second-order valence-corrected chi connectivity index (χ2v) is 11.0. The van der Waals surface area contributed by atoms with Crippen LogP contribution in [0.25, 0.3) is 0 Å². The van der Waals surface area contributed by atoms with Gasteiger partial charge in [-0.25, -0.2) is 13.6 Å². The van der Waals surface area contributed by atoms with Crippen LogP contribution in [0, 0.1) is 11.6 Å². The van der Waals surface area contributed by atoms with Crippen LogP contribution in [0.1, 0.15) is 59.6 Å². The number of carbonyl (C=O) groups excluding carboxylic acids is 2. The minimum Gasteiger partial charge on any atom is -0.444 e. The normalized spacial score (nSPS) is 26.2. The predicted molar refractivity (Wildman–Crippen MR) is 126 cm³/mol. The van der Waals surface area contributed by atoms with Crippen LogP contribution in [0.2, 0.25) is 0 Å². The van der Waals surface area contributed by atoms with Gasteiger partial charge in [0.15, 0.2) is 0 Å². The molecule has 0 saturated carbocycles. The molecule has 0 radical (unpaired) electrons. The van der Waals surface area contributed by atoms with E-state index in [1.165, 1.54) is 0 Å². The highest BCUT2D eigenvalue weighted by atomic mass is 19.1. The minimum atomic E-state index is -0.919. The average molecular weight is 498 g/mol. The van der Waals surface area contributed by atoms with Crippen molar-refractivity contribution in [2.24, 2.45) is 0 Å². The first kappa shape index (κ1) is 27.3. The molecule has 35 heavy (non-hydrogen) atoms. The van der Waals surface area contributed by atoms with E-state index in [0.717, 1.165) is 18.2 Å². The molecule has 0 spiro atoms. The van der Waals surface area contributed by atoms with Crippen molar-refractivity contribution in [3.05, 3.63) is 35.4 Å². The number of hydrogen-bond acceptors (Lipinski definition) is 6. The second kappa shape index (κ2) is 10.8. The summed E-state index contributed by atoms with van der Waals surface area (Å²) in [5, 5.41) is 5.66. The number of rotatable bonds is 5. The van der Waals surface area contributed by atoms with Crippen LogP contribution >= 0.6 is 0 Å². The topological polar surface area (TPSA) is 89.1 Å². The van der Waals surface area contributed by atoms with Crippen molar-refractivity contribution < 1.29 is 32.6 Å². The molecule has 8 nitrogen and oxygen atoms in total. The molecular formula is C25H37F2N3O5. The Bertz CT molecular complexity index is 915. The fourth-order valence-electron chi connectivity index (χ4n) is 4.35. The first-order valence-electron chi connectivity index (χ1n) is 12.0. The predicted octanol–water partition coefficient (Wildman–Crippen LogP) is 3.30. The van der Waals surface area contributed by atoms with Gasteiger partial charge in [-0.15, -0.1) is 0 Å². The number of amides is 2. The van der Waals surface area contributed by atoms with Gasteiger partial charge in [0.1, 0.15) is 29.4 Å². The summed E-state index contributed by atoms with van der Waals surface area (Å²) in [5.41, 5.74) is -1.14. The van der Waals surface area contributed by atoms with Gasteiger partial charge in [0.05, 0.1) is 24.9 Å². The molecule has 2 N–H and O–H groups in total. The quantitative estimate of drug-likeness (QED) is 0.649. The minimum absolute atomic E-state index is 0.0218. The Morgan fingerprint density at radius 1 is 1.20 bits per heavy atom. The molecule has 0 aliphatic carbocycles. The molecule has 2 aliphatic rings. The smallest absolute Gasteiger partial charge is 0.407 e. The third-order valence-electron chi connectivity index (χ3n) is 5.84. The number of ether oxygens (including phenoxy) is 3. The molecule has 1 unspecified atom stereocenters. The Hall–Kier alpha value is -2.30. The van der Waals surface area contributed by atoms with Gasteiger partial charge < -0.3 is 24.8 Å². The molecule has 2 amide bonds. The van der Waals surface area contributed by atoms with Gasteiger partial charge in [-0.05, 0) is 66.2 Å². The highest BCUT2D eigenvalue weighted by Crippen LogP contribution is 2.33. The summed E-state index contributed by atoms with van der Waals surface area (Å²) in [7, 11) is 0. The number of carbonyl (C=O) groups is 2. The maximum absolute atomic E-state index is 14.6. The van der Waals surface area contributed by atoms with Gasteiger partial charge in [0.25, 0.3) is 0 Å². The van der Waals surface area contributed by atoms with Crippen LogP contribution in [0.5, 0.6) is 0 Å². The molecule has 2 aliphatic heterocycles. The van der Waals surface area contributed by atoms with Gasteiger partial charge in [0, 0.05) is 24.7 Å². The highest BCUT2D eigenvalue weighted by Gasteiger charge is 2.42. The largest absolute Gasteiger partial charge is 0.444 e. The van der Waals surface area contributed by atoms with Crippen LogP contribution in [0.4, 0.5) is 13.6 Å². The number of nitrogens with zero attached hydrogens (tertiary/aromatic N) is 1. The van der Waals surface area contributed by atoms with Crippen molar-refractivity contribution in [3.8, 4) is 0 Å². The van der Waals surface area contributed by atoms with E-state index in [1.54, 1.807) is 20.8 Å². The van der Waals surface area contributed by atoms with Crippen molar-refractivity contribution >= 4 is 12.0 Å². The number of halogens is 2. The third-order valence-corrected chi connectivity index (χ3v) is 5.84. The van der Waals surface area contributed by atoms with Crippen molar-refractivity contribution in [1.29, 1.82) is 0 Å². The average Bonchev–Trinajstić information content (AvgIpc) is 2.72. The fraction of sp³-hybridized carbons (Fsp3) is 0.680. The lowest BCUT2D eigenvalue weighted by molar-refractivity contribution is -0.142. The summed E-state index contributed by atoms with van der Waals surface area (Å²) in [5.74, 6) is -1.37. The van der Waals surface area contributed by atoms with Crippen molar-refractivity contribution in [2.45, 2.75) is 83.4 Å². The zero-order valence-electron chi connectivity index (χ0n) is 21.3. The SMILES string of the molecule is CC(C)(C)OC[C@@H]1C(=O)NCCN1[C@H]1COC(c2cc(F)ccc2F)[C@@H](NC(=O)OC(C)(C)C)C1. The van der Waals surface area contributed by atoms with Gasteiger partial charge in [0.2, 0.25) is 5.91 Å². The molecule has 2 fully saturated rings. The molecule has 10 heteroatoms. The number of nitrogens with one attached hydrogen (secondary N) is 2. The third kappa shape index (κ3) is 7.59. The summed E-state index contributed by atoms with van der Waals surface area (Å²) in [6, 6.07) is 1.64. The van der Waals surface area contributed by atoms with Gasteiger partial charge in [-0.1, -0.05) is 0 Å². The van der Waals surface area contributed by atoms with Crippen LogP contribution in [-0.2, 0) is 19.0 Å². The summed E-state index contributed by atoms with van der Waals surface area (Å²) in [6.45, 7) is 12.4. The molecular weight excluding hydrogens is 460 g/mol. The summed E-state index contributed by atoms with van der Waals surface area (Å²) in [4.78, 5) is 27.3. The summed E-state index contributed by atoms with van der Waals surface area (Å²) < 4.78 is 46.0. The Balaban J connectivity index is 1.84. The molecule has 1 aromatic carbocycles. The van der Waals surface area contributed by atoms with Crippen molar-refractivity contribution in [1.82, 2.24) is 15.5 Å². The zero-order chi connectivity index (χ0) is 26.0. The van der Waals surface area contributed by atoms with E-state index < -0.39 is 47.1 Å². The van der Waals surface area contributed by atoms with E-state index in [4.69, 9.17) is 14.2 Å². The van der Waals surface area contributed by atoms with E-state index in [-0.39, 0.29) is 30.7 Å². The first-order chi connectivity index (χ1) is 16.2. The number of hydrogen-bond donors (Lipinski definition) is 2. The number of alkyl carbamates (subject to hydrolysis) is 1. The number of piperazine rings is 1. The Kier molecular flexibility index (Phi) is 8.39. The maximum Gasteiger partial charge on any atom is 0.407 e. The maximum atomic E-state index is 14.6. The Morgan fingerprint density at radius 2 is 1.91 bits per heavy atom. The first-order valence-corrected chi connectivity index (χ1v) is 12.0. The number of benzene rings is 1. The summed E-state index contributed by atoms with van der Waals surface area (Å²) >= 11 is 0. The lowest BCUT2D eigenvalue weighted by atomic mass is 9.91. The van der Waals surface area contributed by atoms with Crippen molar-refractivity contribution in [2.75, 3.05) is 26.3 Å². The zero-order valence-corrected chi connectivity index (χ0v) is 21.3. The molecule has 1 aromatic rings. The highest BCUT2D eigenvalue weighted by molar-refractivity contribution is 5.82. The van der Waals surface area contributed by atoms with E-state index in [1.807, 2.05) is 25.7 Å². The van der Waals surface area contributed by atoms with Crippen LogP contribution in [0.15, 0.2) is 18.2 Å². The van der Waals surface area contributed by atoms with Gasteiger partial charge in [-0.3, -0.25) is 9.69 Å². The lowest BCUT2D eigenvalue weighted by Crippen LogP contribution is -2.63. The Morgan fingerprint density at radius 3 is 2.57 bits per heavy atom. The molecule has 0 bridgehead atoms. The fourth-order valence-corrected chi connectivity index (χ4v) is 4.35. The molecule has 4 atom stereocenters. The summed E-state index contributed by atoms with van der Waals surface area (Å²) in [6.07, 6.45) is -1.26. The molecule has 2 saturated heterocycles. The van der Waals surface area contributed by atoms with E-state index in [0.29, 0.717) is 19.5 Å². The van der Waals surface area contributed by atoms with E-state index >= 15 is 0 Å². The Labute approximate surface area is 205 Å². The van der Waals surface area contributed by atoms with E-state index in [2.05, 4.69) is 10.6 Å². The van der Waals surface area contributed by atoms with E-state index in [9.17, 15) is 18.4 Å². The van der Waals surface area contributed by atoms with Crippen LogP contribution in [0.3, 0.4) is 0 Å². The van der Waals surface area contributed by atoms with Crippen molar-refractivity contribution in [3.63, 3.8) is 0 Å². The monoisotopic (exact) mass is 497 g/mol. The lowest BCUT2D eigenvalue weighted by Gasteiger charge is -2.46. The molecule has 2 heterocycles. The van der Waals surface area contributed by atoms with Gasteiger partial charge in [-0.2, -0.15) is 0 Å². The van der Waals surface area contributed by atoms with Crippen LogP contribution < -0.4 is 10.6 Å². The molecule has 3 rings (SSSR count).